The summed E-state index contributed by atoms with van der Waals surface area (Å²) in [5.74, 6) is -1.43. The highest BCUT2D eigenvalue weighted by molar-refractivity contribution is 9.10. The van der Waals surface area contributed by atoms with Crippen molar-refractivity contribution in [3.63, 3.8) is 0 Å². The number of alkyl halides is 3. The summed E-state index contributed by atoms with van der Waals surface area (Å²) in [7, 11) is 0. The number of imidazole rings is 1. The number of nitrogens with zero attached hydrogens (tertiary/aromatic N) is 6. The Morgan fingerprint density at radius 3 is 2.39 bits per heavy atom. The van der Waals surface area contributed by atoms with Gasteiger partial charge < -0.3 is 25.4 Å². The second-order valence-corrected chi connectivity index (χ2v) is 14.0. The zero-order valence-corrected chi connectivity index (χ0v) is 29.2. The molecule has 0 radical (unpaired) electrons. The van der Waals surface area contributed by atoms with Crippen molar-refractivity contribution in [2.45, 2.75) is 37.9 Å². The first-order valence-corrected chi connectivity index (χ1v) is 17.6. The van der Waals surface area contributed by atoms with E-state index in [1.165, 1.54) is 6.07 Å². The number of piperidine rings is 1. The molecular weight excluding hydrogens is 729 g/mol. The number of rotatable bonds is 7. The van der Waals surface area contributed by atoms with Crippen molar-refractivity contribution in [1.82, 2.24) is 29.3 Å². The van der Waals surface area contributed by atoms with Gasteiger partial charge in [0.05, 0.1) is 39.9 Å². The highest BCUT2D eigenvalue weighted by atomic mass is 79.9. The van der Waals surface area contributed by atoms with Crippen LogP contribution in [0.2, 0.25) is 0 Å². The monoisotopic (exact) mass is 764 g/mol. The van der Waals surface area contributed by atoms with E-state index < -0.39 is 23.3 Å². The highest BCUT2D eigenvalue weighted by Gasteiger charge is 2.36. The number of para-hydroxylation sites is 1. The largest absolute Gasteiger partial charge is 0.418 e. The number of amides is 2. The molecule has 2 aliphatic rings. The molecule has 0 bridgehead atoms. The number of hydrogen-bond acceptors (Lipinski definition) is 7. The lowest BCUT2D eigenvalue weighted by Crippen LogP contribution is -2.51. The number of hydrogen-bond donors (Lipinski definition) is 2. The van der Waals surface area contributed by atoms with E-state index in [9.17, 15) is 27.6 Å². The second kappa shape index (κ2) is 14.0. The van der Waals surface area contributed by atoms with E-state index in [2.05, 4.69) is 35.8 Å². The van der Waals surface area contributed by atoms with Gasteiger partial charge in [0.25, 0.3) is 0 Å². The number of carbonyl (C=O) groups is 2. The van der Waals surface area contributed by atoms with Crippen molar-refractivity contribution in [3.8, 4) is 0 Å². The zero-order chi connectivity index (χ0) is 35.9. The minimum absolute atomic E-state index is 0.0702. The summed E-state index contributed by atoms with van der Waals surface area (Å²) in [5, 5.41) is 0.850. The Hall–Kier alpha value is -4.92. The number of piperazine rings is 1. The maximum Gasteiger partial charge on any atom is 0.418 e. The lowest BCUT2D eigenvalue weighted by molar-refractivity contribution is -0.142. The molecule has 2 aliphatic heterocycles. The van der Waals surface area contributed by atoms with Crippen LogP contribution in [0, 0.1) is 5.92 Å². The van der Waals surface area contributed by atoms with Crippen LogP contribution in [-0.4, -0.2) is 80.4 Å². The Balaban J connectivity index is 1.08. The van der Waals surface area contributed by atoms with E-state index in [1.807, 2.05) is 36.4 Å². The lowest BCUT2D eigenvalue weighted by Gasteiger charge is -2.38. The number of aromatic amines is 1. The van der Waals surface area contributed by atoms with E-state index in [0.717, 1.165) is 28.2 Å². The number of aromatic nitrogens is 4. The Labute approximate surface area is 299 Å². The Bertz CT molecular complexity index is 2140. The van der Waals surface area contributed by atoms with Crippen LogP contribution in [0.25, 0.3) is 21.9 Å². The van der Waals surface area contributed by atoms with Crippen LogP contribution >= 0.6 is 15.9 Å². The third-order valence-corrected chi connectivity index (χ3v) is 10.7. The predicted molar refractivity (Wildman–Crippen MR) is 191 cm³/mol. The number of halogens is 4. The van der Waals surface area contributed by atoms with E-state index in [-0.39, 0.29) is 46.4 Å². The molecule has 2 amide bonds. The molecule has 266 valence electrons. The van der Waals surface area contributed by atoms with E-state index >= 15 is 0 Å². The molecule has 1 atom stereocenters. The van der Waals surface area contributed by atoms with Gasteiger partial charge >= 0.3 is 11.9 Å². The van der Waals surface area contributed by atoms with Crippen LogP contribution < -0.4 is 16.3 Å². The molecule has 51 heavy (non-hydrogen) atoms. The summed E-state index contributed by atoms with van der Waals surface area (Å²) < 4.78 is 43.4. The Morgan fingerprint density at radius 1 is 0.980 bits per heavy atom. The zero-order valence-electron chi connectivity index (χ0n) is 27.6. The van der Waals surface area contributed by atoms with Gasteiger partial charge in [0, 0.05) is 79.7 Å². The van der Waals surface area contributed by atoms with Crippen LogP contribution in [0.15, 0.2) is 76.4 Å². The van der Waals surface area contributed by atoms with Gasteiger partial charge in [-0.3, -0.25) is 24.1 Å². The molecule has 2 saturated heterocycles. The molecule has 0 spiro atoms. The first-order valence-electron chi connectivity index (χ1n) is 16.8. The van der Waals surface area contributed by atoms with Gasteiger partial charge in [-0.1, -0.05) is 18.2 Å². The molecule has 5 heterocycles. The molecule has 0 saturated carbocycles. The normalized spacial score (nSPS) is 16.6. The number of likely N-dealkylation sites (tertiary alicyclic amines) is 1. The molecule has 0 aliphatic carbocycles. The minimum Gasteiger partial charge on any atom is -0.397 e. The molecule has 3 N–H and O–H groups in total. The summed E-state index contributed by atoms with van der Waals surface area (Å²) in [6.07, 6.45) is 1.20. The predicted octanol–water partition coefficient (Wildman–Crippen LogP) is 5.40. The molecule has 11 nitrogen and oxygen atoms in total. The topological polar surface area (TPSA) is 133 Å². The molecule has 2 fully saturated rings. The van der Waals surface area contributed by atoms with Crippen molar-refractivity contribution in [3.05, 3.63) is 93.2 Å². The maximum atomic E-state index is 14.1. The summed E-state index contributed by atoms with van der Waals surface area (Å²) in [4.78, 5) is 58.2. The molecule has 2 aromatic carbocycles. The number of nitrogens with one attached hydrogen (secondary N) is 1. The average molecular weight is 766 g/mol. The summed E-state index contributed by atoms with van der Waals surface area (Å²) in [6.45, 7) is 2.66. The number of fused-ring (bicyclic) bond motifs is 3. The van der Waals surface area contributed by atoms with Crippen LogP contribution in [0.1, 0.15) is 36.4 Å². The van der Waals surface area contributed by atoms with Gasteiger partial charge in [-0.25, -0.2) is 4.79 Å². The third-order valence-electron chi connectivity index (χ3n) is 10.0. The van der Waals surface area contributed by atoms with Crippen LogP contribution in [0.5, 0.6) is 0 Å². The summed E-state index contributed by atoms with van der Waals surface area (Å²) in [6, 6.07) is 13.7. The first-order chi connectivity index (χ1) is 24.5. The van der Waals surface area contributed by atoms with Crippen LogP contribution in [0.4, 0.5) is 24.5 Å². The number of anilines is 2. The fraction of sp³-hybridized carbons (Fsp3) is 0.361. The quantitative estimate of drug-likeness (QED) is 0.212. The van der Waals surface area contributed by atoms with Crippen molar-refractivity contribution in [2.75, 3.05) is 49.9 Å². The minimum atomic E-state index is -4.69. The number of H-pyrrole nitrogens is 1. The molecule has 1 unspecified atom stereocenters. The molecule has 3 aromatic heterocycles. The third kappa shape index (κ3) is 7.03. The van der Waals surface area contributed by atoms with E-state index in [1.54, 1.807) is 33.0 Å². The number of benzene rings is 2. The van der Waals surface area contributed by atoms with Gasteiger partial charge in [0.1, 0.15) is 0 Å². The maximum absolute atomic E-state index is 14.1. The van der Waals surface area contributed by atoms with Crippen molar-refractivity contribution < 1.29 is 22.8 Å². The lowest BCUT2D eigenvalue weighted by atomic mass is 9.92. The fourth-order valence-electron chi connectivity index (χ4n) is 7.35. The van der Waals surface area contributed by atoms with Crippen LogP contribution in [0.3, 0.4) is 0 Å². The fourth-order valence-corrected chi connectivity index (χ4v) is 7.86. The van der Waals surface area contributed by atoms with Crippen molar-refractivity contribution >= 4 is 61.1 Å². The second-order valence-electron chi connectivity index (χ2n) is 13.1. The highest BCUT2D eigenvalue weighted by Crippen LogP contribution is 2.39. The first kappa shape index (κ1) is 34.5. The van der Waals surface area contributed by atoms with E-state index in [4.69, 9.17) is 5.73 Å². The number of nitrogen functional groups attached to an aromatic ring is 1. The standard InChI is InChI=1S/C36H36BrF3N8O3/c37-28-19-22(18-27(32(28)41)36(38,39)40)17-23(34(50)47-15-13-45(14-16-47)24-5-9-42-10-6-24)20-31(49)46-11-7-25(8-12-46)48-30-21-43-29-4-2-1-3-26(29)33(30)44-35(48)51/h1-6,9-10,18-19,21,23,25H,7-8,11-17,20,41H2,(H,44,51). The van der Waals surface area contributed by atoms with Gasteiger partial charge in [-0.05, 0) is 71.1 Å². The number of nitrogens with two attached hydrogens (primary N) is 1. The van der Waals surface area contributed by atoms with Gasteiger partial charge in [-0.15, -0.1) is 0 Å². The molecule has 5 aromatic rings. The van der Waals surface area contributed by atoms with Crippen LogP contribution in [-0.2, 0) is 22.2 Å². The molecule has 15 heteroatoms. The van der Waals surface area contributed by atoms with Crippen molar-refractivity contribution in [1.29, 1.82) is 0 Å². The summed E-state index contributed by atoms with van der Waals surface area (Å²) in [5.41, 5.74) is 7.53. The number of carbonyl (C=O) groups excluding carboxylic acids is 2. The number of pyridine rings is 2. The van der Waals surface area contributed by atoms with Crippen molar-refractivity contribution in [2.24, 2.45) is 5.92 Å². The average Bonchev–Trinajstić information content (AvgIpc) is 3.48. The SMILES string of the molecule is Nc1c(Br)cc(CC(CC(=O)N2CCC(n3c(=O)[nH]c4c5ccccc5ncc43)CC2)C(=O)N2CCN(c3ccncc3)CC2)cc1C(F)(F)F. The molecular formula is C36H36BrF3N8O3. The Kier molecular flexibility index (Phi) is 9.48. The van der Waals surface area contributed by atoms with Gasteiger partial charge in [0.2, 0.25) is 11.8 Å². The Morgan fingerprint density at radius 2 is 1.69 bits per heavy atom. The van der Waals surface area contributed by atoms with Gasteiger partial charge in [0.15, 0.2) is 0 Å². The van der Waals surface area contributed by atoms with E-state index in [0.29, 0.717) is 57.6 Å². The molecule has 7 rings (SSSR count). The smallest absolute Gasteiger partial charge is 0.397 e. The van der Waals surface area contributed by atoms with Gasteiger partial charge in [-0.2, -0.15) is 13.2 Å². The summed E-state index contributed by atoms with van der Waals surface area (Å²) >= 11 is 3.15.